The van der Waals surface area contributed by atoms with Crippen molar-refractivity contribution >= 4 is 27.8 Å². The molecule has 4 nitrogen and oxygen atoms in total. The number of nitrogens with zero attached hydrogens (tertiary/aromatic N) is 3. The molecule has 0 radical (unpaired) electrons. The molecule has 0 spiro atoms. The van der Waals surface area contributed by atoms with E-state index in [-0.39, 0.29) is 23.3 Å². The zero-order valence-electron chi connectivity index (χ0n) is 39.8. The van der Waals surface area contributed by atoms with Gasteiger partial charge in [0.05, 0.1) is 16.8 Å². The lowest BCUT2D eigenvalue weighted by Gasteiger charge is -2.30. The monoisotopic (exact) mass is 841 g/mol. The van der Waals surface area contributed by atoms with E-state index in [0.717, 1.165) is 58.3 Å². The molecule has 0 amide bonds. The highest BCUT2D eigenvalue weighted by Gasteiger charge is 2.47. The SMILES string of the molecule is C=C1C2c3cc(C)ccc3-c3cc(C)c(C)c[n+]3C2CCc2ccc3c(oc4nc(-c5c(C(C)C)ccc(-c6ccccc6)c5C(C)C)ccc43)c2-c2cc(C)c(CC(C)(C)C)c[n+]21. The van der Waals surface area contributed by atoms with Crippen molar-refractivity contribution in [3.8, 4) is 44.9 Å². The summed E-state index contributed by atoms with van der Waals surface area (Å²) in [5.74, 6) is 0.663. The third-order valence-electron chi connectivity index (χ3n) is 14.3. The quantitative estimate of drug-likeness (QED) is 0.162. The third kappa shape index (κ3) is 6.92. The van der Waals surface area contributed by atoms with Crippen molar-refractivity contribution in [2.45, 2.75) is 119 Å². The van der Waals surface area contributed by atoms with E-state index >= 15 is 0 Å². The summed E-state index contributed by atoms with van der Waals surface area (Å²) in [4.78, 5) is 5.49. The van der Waals surface area contributed by atoms with E-state index < -0.39 is 0 Å². The van der Waals surface area contributed by atoms with Crippen molar-refractivity contribution in [1.82, 2.24) is 4.98 Å². The van der Waals surface area contributed by atoms with Crippen LogP contribution >= 0.6 is 0 Å². The largest absolute Gasteiger partial charge is 0.437 e. The smallest absolute Gasteiger partial charge is 0.227 e. The number of aryl methyl sites for hydroxylation is 5. The minimum Gasteiger partial charge on any atom is -0.437 e. The van der Waals surface area contributed by atoms with Gasteiger partial charge < -0.3 is 4.42 Å². The van der Waals surface area contributed by atoms with Gasteiger partial charge in [-0.2, -0.15) is 9.13 Å². The Hall–Kier alpha value is -6.13. The summed E-state index contributed by atoms with van der Waals surface area (Å²) in [6, 6.07) is 36.6. The second-order valence-electron chi connectivity index (χ2n) is 20.9. The van der Waals surface area contributed by atoms with Crippen LogP contribution < -0.4 is 9.13 Å². The van der Waals surface area contributed by atoms with E-state index in [4.69, 9.17) is 16.0 Å². The first-order valence-electron chi connectivity index (χ1n) is 23.5. The molecule has 0 fully saturated rings. The van der Waals surface area contributed by atoms with Crippen LogP contribution in [-0.2, 0) is 12.8 Å². The van der Waals surface area contributed by atoms with Crippen LogP contribution in [0.15, 0.2) is 120 Å². The average molecular weight is 842 g/mol. The van der Waals surface area contributed by atoms with Gasteiger partial charge in [-0.05, 0) is 127 Å². The first-order valence-corrected chi connectivity index (χ1v) is 23.5. The fourth-order valence-electron chi connectivity index (χ4n) is 11.1. The van der Waals surface area contributed by atoms with Crippen molar-refractivity contribution in [2.75, 3.05) is 0 Å². The van der Waals surface area contributed by atoms with E-state index in [9.17, 15) is 0 Å². The van der Waals surface area contributed by atoms with E-state index in [1.807, 2.05) is 0 Å². The molecule has 0 aliphatic carbocycles. The summed E-state index contributed by atoms with van der Waals surface area (Å²) in [5, 5.41) is 2.13. The van der Waals surface area contributed by atoms with Crippen molar-refractivity contribution < 1.29 is 13.6 Å². The normalized spacial score (nSPS) is 16.0. The van der Waals surface area contributed by atoms with Crippen LogP contribution in [0.4, 0.5) is 0 Å². The highest BCUT2D eigenvalue weighted by Crippen LogP contribution is 2.48. The molecule has 10 rings (SSSR count). The fourth-order valence-corrected chi connectivity index (χ4v) is 11.1. The van der Waals surface area contributed by atoms with Crippen LogP contribution in [0.25, 0.3) is 72.7 Å². The van der Waals surface area contributed by atoms with Gasteiger partial charge in [0.1, 0.15) is 5.92 Å². The molecule has 0 saturated carbocycles. The Morgan fingerprint density at radius 1 is 0.734 bits per heavy atom. The minimum atomic E-state index is 0.0603. The molecular formula is C60H63N3O+2. The first-order chi connectivity index (χ1) is 30.6. The van der Waals surface area contributed by atoms with Gasteiger partial charge in [0.2, 0.25) is 17.1 Å². The van der Waals surface area contributed by atoms with E-state index in [1.54, 1.807) is 0 Å². The summed E-state index contributed by atoms with van der Waals surface area (Å²) < 4.78 is 12.3. The van der Waals surface area contributed by atoms with Crippen LogP contribution in [-0.4, -0.2) is 4.98 Å². The molecule has 4 aromatic heterocycles. The maximum absolute atomic E-state index is 7.23. The molecule has 0 N–H and O–H groups in total. The fraction of sp³-hybridized carbons (Fsp3) is 0.317. The summed E-state index contributed by atoms with van der Waals surface area (Å²) in [6.07, 6.45) is 7.62. The van der Waals surface area contributed by atoms with Crippen molar-refractivity contribution in [2.24, 2.45) is 5.41 Å². The summed E-state index contributed by atoms with van der Waals surface area (Å²) >= 11 is 0. The molecule has 64 heavy (non-hydrogen) atoms. The number of aromatic nitrogens is 3. The molecule has 6 heterocycles. The number of benzene rings is 4. The van der Waals surface area contributed by atoms with Gasteiger partial charge in [0, 0.05) is 46.0 Å². The number of hydrogen-bond acceptors (Lipinski definition) is 2. The van der Waals surface area contributed by atoms with E-state index in [2.05, 4.69) is 195 Å². The highest BCUT2D eigenvalue weighted by atomic mass is 16.3. The first kappa shape index (κ1) is 41.9. The number of rotatable bonds is 5. The van der Waals surface area contributed by atoms with Crippen LogP contribution in [0.5, 0.6) is 0 Å². The van der Waals surface area contributed by atoms with Crippen LogP contribution in [0, 0.1) is 33.1 Å². The van der Waals surface area contributed by atoms with Gasteiger partial charge in [-0.1, -0.05) is 121 Å². The Balaban J connectivity index is 1.23. The molecule has 8 aromatic rings. The summed E-state index contributed by atoms with van der Waals surface area (Å²) in [5.41, 5.74) is 24.1. The van der Waals surface area contributed by atoms with Crippen LogP contribution in [0.2, 0.25) is 0 Å². The second kappa shape index (κ2) is 15.5. The van der Waals surface area contributed by atoms with E-state index in [0.29, 0.717) is 11.6 Å². The maximum atomic E-state index is 7.23. The highest BCUT2D eigenvalue weighted by molar-refractivity contribution is 6.09. The summed E-state index contributed by atoms with van der Waals surface area (Å²) in [6.45, 7) is 30.3. The lowest BCUT2D eigenvalue weighted by Crippen LogP contribution is -2.51. The lowest BCUT2D eigenvalue weighted by molar-refractivity contribution is -0.720. The second-order valence-corrected chi connectivity index (χ2v) is 20.9. The van der Waals surface area contributed by atoms with Gasteiger partial charge in [-0.3, -0.25) is 0 Å². The van der Waals surface area contributed by atoms with Crippen LogP contribution in [0.3, 0.4) is 0 Å². The molecular weight excluding hydrogens is 779 g/mol. The molecule has 0 bridgehead atoms. The number of allylic oxidation sites excluding steroid dienone is 1. The average Bonchev–Trinajstić information content (AvgIpc) is 3.64. The third-order valence-corrected chi connectivity index (χ3v) is 14.3. The Bertz CT molecular complexity index is 3190. The molecule has 2 atom stereocenters. The van der Waals surface area contributed by atoms with E-state index in [1.165, 1.54) is 78.0 Å². The Morgan fingerprint density at radius 3 is 2.20 bits per heavy atom. The number of furan rings is 1. The minimum absolute atomic E-state index is 0.0603. The predicted octanol–water partition coefficient (Wildman–Crippen LogP) is 15.0. The Kier molecular flexibility index (Phi) is 10.2. The number of fused-ring (bicyclic) bond motifs is 13. The molecule has 2 aliphatic heterocycles. The zero-order chi connectivity index (χ0) is 44.9. The van der Waals surface area contributed by atoms with Crippen molar-refractivity contribution in [3.05, 3.63) is 166 Å². The summed E-state index contributed by atoms with van der Waals surface area (Å²) in [7, 11) is 0. The van der Waals surface area contributed by atoms with Gasteiger partial charge in [-0.25, -0.2) is 4.98 Å². The molecule has 2 aliphatic rings. The Morgan fingerprint density at radius 2 is 1.47 bits per heavy atom. The molecule has 4 aromatic carbocycles. The van der Waals surface area contributed by atoms with Gasteiger partial charge >= 0.3 is 0 Å². The van der Waals surface area contributed by atoms with Crippen molar-refractivity contribution in [3.63, 3.8) is 0 Å². The maximum Gasteiger partial charge on any atom is 0.227 e. The zero-order valence-corrected chi connectivity index (χ0v) is 39.8. The standard InChI is InChI=1S/C60H63N3O/c1-34(2)44-23-24-45(41-16-14-13-15-17-41)54(35(3)4)57(44)50-26-25-48-47-22-19-42-20-27-51-55(49-28-36(5)18-21-46(49)52-29-37(6)39(8)32-63(51)52)40(9)62-33-43(31-60(10,11)12)38(7)30-53(62)56(42)58(47)64-59(48)61-50/h13-19,21-26,28-30,32-35,51,55H,9,20,27,31H2,1-8,10-12H3/q+2. The Labute approximate surface area is 380 Å². The number of hydrogen-bond donors (Lipinski definition) is 0. The molecule has 4 heteroatoms. The number of pyridine rings is 3. The van der Waals surface area contributed by atoms with Crippen molar-refractivity contribution in [1.29, 1.82) is 0 Å². The van der Waals surface area contributed by atoms with Gasteiger partial charge in [-0.15, -0.1) is 0 Å². The molecule has 322 valence electrons. The molecule has 2 unspecified atom stereocenters. The predicted molar refractivity (Wildman–Crippen MR) is 266 cm³/mol. The van der Waals surface area contributed by atoms with Gasteiger partial charge in [0.25, 0.3) is 0 Å². The van der Waals surface area contributed by atoms with Crippen LogP contribution in [0.1, 0.15) is 129 Å². The topological polar surface area (TPSA) is 33.8 Å². The lowest BCUT2D eigenvalue weighted by atomic mass is 9.78. The molecule has 0 saturated heterocycles. The van der Waals surface area contributed by atoms with Gasteiger partial charge in [0.15, 0.2) is 29.7 Å².